The molecule has 2 bridgehead atoms. The van der Waals surface area contributed by atoms with Crippen LogP contribution in [-0.2, 0) is 18.3 Å². The fourth-order valence-corrected chi connectivity index (χ4v) is 7.27. The molecule has 8 rings (SSSR count). The summed E-state index contributed by atoms with van der Waals surface area (Å²) in [7, 11) is 1.96. The number of nitrogens with one attached hydrogen (secondary N) is 2. The van der Waals surface area contributed by atoms with Crippen LogP contribution in [0.25, 0.3) is 17.1 Å². The molecule has 3 saturated heterocycles. The highest BCUT2D eigenvalue weighted by atomic mass is 16.5. The Hall–Kier alpha value is -4.67. The molecule has 0 spiro atoms. The number of aromatic nitrogens is 2. The van der Waals surface area contributed by atoms with Crippen molar-refractivity contribution in [3.05, 3.63) is 83.4 Å². The number of nitrogens with zero attached hydrogens (tertiary/aromatic N) is 4. The highest BCUT2D eigenvalue weighted by Gasteiger charge is 2.35. The molecule has 46 heavy (non-hydrogen) atoms. The van der Waals surface area contributed by atoms with Crippen LogP contribution in [0.1, 0.15) is 53.6 Å². The average Bonchev–Trinajstić information content (AvgIpc) is 3.69. The van der Waals surface area contributed by atoms with E-state index >= 15 is 0 Å². The molecule has 236 valence electrons. The third-order valence-corrected chi connectivity index (χ3v) is 9.53. The van der Waals surface area contributed by atoms with Crippen molar-refractivity contribution >= 4 is 46.0 Å². The molecule has 0 radical (unpaired) electrons. The number of Topliss-reactive ketones (excluding diaryl/α,β-unsaturated/α-hetero) is 1. The van der Waals surface area contributed by atoms with Gasteiger partial charge in [-0.3, -0.25) is 9.69 Å². The molecule has 2 atom stereocenters. The van der Waals surface area contributed by atoms with Crippen LogP contribution in [0.15, 0.2) is 66.7 Å². The van der Waals surface area contributed by atoms with Crippen molar-refractivity contribution in [3.8, 4) is 5.75 Å². The van der Waals surface area contributed by atoms with Gasteiger partial charge in [0.25, 0.3) is 0 Å². The maximum absolute atomic E-state index is 13.6. The van der Waals surface area contributed by atoms with Crippen LogP contribution in [0.5, 0.6) is 5.75 Å². The SMILES string of the molecule is Cn1cc(/C=C2\Oc3ccc(NC(=O)Nc4ccc(CN5CCCCC5)cc4)cc3C2=O)c2c(N3CC4CCC(C3)O4)ccnc21. The van der Waals surface area contributed by atoms with Crippen LogP contribution >= 0.6 is 0 Å². The molecular weight excluding hydrogens is 580 g/mol. The Balaban J connectivity index is 0.966. The maximum atomic E-state index is 13.6. The number of pyridine rings is 1. The highest BCUT2D eigenvalue weighted by Crippen LogP contribution is 2.38. The number of aryl methyl sites for hydroxylation is 1. The highest BCUT2D eigenvalue weighted by molar-refractivity contribution is 6.16. The van der Waals surface area contributed by atoms with E-state index in [0.717, 1.165) is 67.8 Å². The van der Waals surface area contributed by atoms with Gasteiger partial charge in [-0.05, 0) is 86.8 Å². The van der Waals surface area contributed by atoms with Crippen molar-refractivity contribution in [1.29, 1.82) is 0 Å². The lowest BCUT2D eigenvalue weighted by molar-refractivity contribution is 0.0306. The Morgan fingerprint density at radius 1 is 0.978 bits per heavy atom. The zero-order valence-corrected chi connectivity index (χ0v) is 26.0. The van der Waals surface area contributed by atoms with Crippen molar-refractivity contribution in [1.82, 2.24) is 14.5 Å². The molecule has 6 heterocycles. The van der Waals surface area contributed by atoms with E-state index in [1.807, 2.05) is 42.2 Å². The number of anilines is 3. The molecule has 2 amide bonds. The molecule has 0 aliphatic carbocycles. The number of benzene rings is 2. The van der Waals surface area contributed by atoms with Gasteiger partial charge >= 0.3 is 6.03 Å². The van der Waals surface area contributed by atoms with Gasteiger partial charge in [-0.1, -0.05) is 18.6 Å². The second kappa shape index (κ2) is 11.9. The standard InChI is InChI=1S/C36H38N6O4/c1-40-20-24(33-30(13-14-37-35(33)40)42-21-27-10-11-28(22-42)45-27)17-32-34(43)29-18-26(9-12-31(29)46-32)39-36(44)38-25-7-5-23(6-8-25)19-41-15-3-2-4-16-41/h5-9,12-14,17-18,20,27-28H,2-4,10-11,15-16,19,21-22H2,1H3,(H2,38,39,44)/b32-17-. The summed E-state index contributed by atoms with van der Waals surface area (Å²) in [5.74, 6) is 0.482. The Kier molecular flexibility index (Phi) is 7.46. The molecule has 2 unspecified atom stereocenters. The number of amides is 2. The van der Waals surface area contributed by atoms with E-state index < -0.39 is 0 Å². The number of urea groups is 1. The van der Waals surface area contributed by atoms with E-state index in [2.05, 4.69) is 37.6 Å². The zero-order valence-electron chi connectivity index (χ0n) is 26.0. The molecule has 2 N–H and O–H groups in total. The summed E-state index contributed by atoms with van der Waals surface area (Å²) in [6.07, 6.45) is 12.2. The van der Waals surface area contributed by atoms with Gasteiger partial charge in [-0.15, -0.1) is 0 Å². The van der Waals surface area contributed by atoms with Crippen LogP contribution in [0, 0.1) is 0 Å². The lowest BCUT2D eigenvalue weighted by Gasteiger charge is -2.34. The van der Waals surface area contributed by atoms with Crippen LogP contribution in [-0.4, -0.2) is 64.7 Å². The van der Waals surface area contributed by atoms with Gasteiger partial charge in [0, 0.05) is 61.4 Å². The fraction of sp³-hybridized carbons (Fsp3) is 0.361. The van der Waals surface area contributed by atoms with Crippen molar-refractivity contribution in [2.24, 2.45) is 7.05 Å². The number of carbonyl (C=O) groups excluding carboxylic acids is 2. The molecule has 10 heteroatoms. The van der Waals surface area contributed by atoms with Crippen molar-refractivity contribution < 1.29 is 19.1 Å². The van der Waals surface area contributed by atoms with E-state index in [-0.39, 0.29) is 29.8 Å². The maximum Gasteiger partial charge on any atom is 0.323 e. The third-order valence-electron chi connectivity index (χ3n) is 9.53. The van der Waals surface area contributed by atoms with Gasteiger partial charge < -0.3 is 29.6 Å². The molecule has 0 saturated carbocycles. The number of allylic oxidation sites excluding steroid dienone is 1. The molecular formula is C36H38N6O4. The second-order valence-corrected chi connectivity index (χ2v) is 12.9. The summed E-state index contributed by atoms with van der Waals surface area (Å²) < 4.78 is 14.1. The fourth-order valence-electron chi connectivity index (χ4n) is 7.27. The van der Waals surface area contributed by atoms with E-state index in [0.29, 0.717) is 22.7 Å². The predicted molar refractivity (Wildman–Crippen MR) is 178 cm³/mol. The van der Waals surface area contributed by atoms with Gasteiger partial charge in [0.2, 0.25) is 5.78 Å². The molecule has 4 aliphatic rings. The summed E-state index contributed by atoms with van der Waals surface area (Å²) in [5.41, 5.74) is 5.67. The third kappa shape index (κ3) is 5.63. The second-order valence-electron chi connectivity index (χ2n) is 12.9. The van der Waals surface area contributed by atoms with Crippen LogP contribution < -0.4 is 20.3 Å². The molecule has 2 aromatic heterocycles. The van der Waals surface area contributed by atoms with Crippen LogP contribution in [0.2, 0.25) is 0 Å². The lowest BCUT2D eigenvalue weighted by atomic mass is 10.1. The van der Waals surface area contributed by atoms with Crippen LogP contribution in [0.3, 0.4) is 0 Å². The number of ether oxygens (including phenoxy) is 2. The van der Waals surface area contributed by atoms with Crippen LogP contribution in [0.4, 0.5) is 21.9 Å². The summed E-state index contributed by atoms with van der Waals surface area (Å²) in [4.78, 5) is 35.9. The summed E-state index contributed by atoms with van der Waals surface area (Å²) in [6.45, 7) is 4.90. The molecule has 3 fully saturated rings. The average molecular weight is 619 g/mol. The summed E-state index contributed by atoms with van der Waals surface area (Å²) >= 11 is 0. The minimum absolute atomic E-state index is 0.227. The summed E-state index contributed by atoms with van der Waals surface area (Å²) in [6, 6.07) is 14.8. The molecule has 4 aromatic rings. The first kappa shape index (κ1) is 28.8. The predicted octanol–water partition coefficient (Wildman–Crippen LogP) is 6.19. The quantitative estimate of drug-likeness (QED) is 0.249. The molecule has 4 aliphatic heterocycles. The largest absolute Gasteiger partial charge is 0.452 e. The number of carbonyl (C=O) groups is 2. The smallest absolute Gasteiger partial charge is 0.323 e. The van der Waals surface area contributed by atoms with E-state index in [1.54, 1.807) is 24.3 Å². The monoisotopic (exact) mass is 618 g/mol. The number of piperidine rings is 1. The Morgan fingerprint density at radius 3 is 2.50 bits per heavy atom. The Morgan fingerprint density at radius 2 is 1.72 bits per heavy atom. The van der Waals surface area contributed by atoms with Gasteiger partial charge in [-0.25, -0.2) is 9.78 Å². The number of rotatable bonds is 6. The van der Waals surface area contributed by atoms with Gasteiger partial charge in [0.1, 0.15) is 11.4 Å². The van der Waals surface area contributed by atoms with Gasteiger partial charge in [0.15, 0.2) is 5.76 Å². The Bertz CT molecular complexity index is 1830. The number of morpholine rings is 1. The van der Waals surface area contributed by atoms with Crippen molar-refractivity contribution in [2.45, 2.75) is 50.9 Å². The first-order valence-electron chi connectivity index (χ1n) is 16.3. The molecule has 10 nitrogen and oxygen atoms in total. The minimum atomic E-state index is -0.377. The van der Waals surface area contributed by atoms with Gasteiger partial charge in [0.05, 0.1) is 23.5 Å². The topological polar surface area (TPSA) is 101 Å². The van der Waals surface area contributed by atoms with Crippen molar-refractivity contribution in [3.63, 3.8) is 0 Å². The van der Waals surface area contributed by atoms with E-state index in [1.165, 1.54) is 24.8 Å². The first-order chi connectivity index (χ1) is 22.5. The lowest BCUT2D eigenvalue weighted by Crippen LogP contribution is -2.42. The number of ketones is 1. The number of fused-ring (bicyclic) bond motifs is 4. The normalized spacial score (nSPS) is 21.9. The number of likely N-dealkylation sites (tertiary alicyclic amines) is 1. The molecule has 2 aromatic carbocycles. The zero-order chi connectivity index (χ0) is 31.2. The number of hydrogen-bond donors (Lipinski definition) is 2. The first-order valence-corrected chi connectivity index (χ1v) is 16.3. The van der Waals surface area contributed by atoms with E-state index in [9.17, 15) is 9.59 Å². The van der Waals surface area contributed by atoms with E-state index in [4.69, 9.17) is 9.47 Å². The number of hydrogen-bond acceptors (Lipinski definition) is 7. The summed E-state index contributed by atoms with van der Waals surface area (Å²) in [5, 5.41) is 6.74. The Labute approximate surface area is 268 Å². The van der Waals surface area contributed by atoms with Gasteiger partial charge in [-0.2, -0.15) is 0 Å². The van der Waals surface area contributed by atoms with Crippen molar-refractivity contribution in [2.75, 3.05) is 41.7 Å². The minimum Gasteiger partial charge on any atom is -0.452 e.